The van der Waals surface area contributed by atoms with Crippen molar-refractivity contribution in [3.05, 3.63) is 77.9 Å². The summed E-state index contributed by atoms with van der Waals surface area (Å²) in [5.41, 5.74) is 2.36. The molecule has 1 heterocycles. The van der Waals surface area contributed by atoms with Gasteiger partial charge in [0, 0.05) is 31.6 Å². The van der Waals surface area contributed by atoms with E-state index in [-0.39, 0.29) is 5.91 Å². The number of nitrogens with one attached hydrogen (secondary N) is 1. The van der Waals surface area contributed by atoms with Gasteiger partial charge in [0.05, 0.1) is 13.2 Å². The summed E-state index contributed by atoms with van der Waals surface area (Å²) in [7, 11) is 0. The van der Waals surface area contributed by atoms with Gasteiger partial charge in [-0.1, -0.05) is 67.6 Å². The molecule has 0 bridgehead atoms. The molecule has 1 amide bonds. The third kappa shape index (κ3) is 5.63. The van der Waals surface area contributed by atoms with E-state index in [1.807, 2.05) is 49.4 Å². The predicted molar refractivity (Wildman–Crippen MR) is 123 cm³/mol. The quantitative estimate of drug-likeness (QED) is 0.597. The third-order valence-corrected chi connectivity index (χ3v) is 5.68. The fourth-order valence-corrected chi connectivity index (χ4v) is 3.86. The van der Waals surface area contributed by atoms with Crippen molar-refractivity contribution in [2.75, 3.05) is 26.3 Å². The zero-order chi connectivity index (χ0) is 21.5. The Morgan fingerprint density at radius 1 is 1.00 bits per heavy atom. The maximum absolute atomic E-state index is 12.8. The Hall–Kier alpha value is -2.89. The van der Waals surface area contributed by atoms with E-state index in [0.717, 1.165) is 54.9 Å². The molecule has 0 saturated carbocycles. The third-order valence-electron chi connectivity index (χ3n) is 5.68. The number of carbonyl (C=O) groups excluding carboxylic acids is 1. The highest BCUT2D eigenvalue weighted by Gasteiger charge is 2.19. The lowest BCUT2D eigenvalue weighted by Gasteiger charge is -2.26. The molecule has 0 aromatic heterocycles. The molecule has 1 atom stereocenters. The number of amides is 1. The second-order valence-corrected chi connectivity index (χ2v) is 7.91. The van der Waals surface area contributed by atoms with Gasteiger partial charge in [-0.15, -0.1) is 0 Å². The maximum Gasteiger partial charge on any atom is 0.261 e. The fraction of sp³-hybridized carbons (Fsp3) is 0.346. The summed E-state index contributed by atoms with van der Waals surface area (Å²) >= 11 is 0. The van der Waals surface area contributed by atoms with E-state index in [1.54, 1.807) is 0 Å². The number of hydrogen-bond acceptors (Lipinski definition) is 4. The summed E-state index contributed by atoms with van der Waals surface area (Å²) in [5, 5.41) is 5.15. The van der Waals surface area contributed by atoms with Crippen LogP contribution in [0.25, 0.3) is 10.8 Å². The molecular weight excluding hydrogens is 388 g/mol. The molecule has 162 valence electrons. The average molecular weight is 419 g/mol. The summed E-state index contributed by atoms with van der Waals surface area (Å²) in [6, 6.07) is 22.4. The monoisotopic (exact) mass is 418 g/mol. The Bertz CT molecular complexity index is 992. The molecule has 0 aliphatic carbocycles. The molecular formula is C26H30N2O3. The number of morpholine rings is 1. The first kappa shape index (κ1) is 21.3. The van der Waals surface area contributed by atoms with E-state index in [1.165, 1.54) is 5.56 Å². The van der Waals surface area contributed by atoms with Crippen LogP contribution in [0.1, 0.15) is 24.5 Å². The van der Waals surface area contributed by atoms with Crippen molar-refractivity contribution in [3.8, 4) is 5.75 Å². The second kappa shape index (κ2) is 10.4. The number of nitrogens with zero attached hydrogens (tertiary/aromatic N) is 1. The average Bonchev–Trinajstić information content (AvgIpc) is 2.82. The lowest BCUT2D eigenvalue weighted by atomic mass is 10.1. The molecule has 0 radical (unpaired) electrons. The SMILES string of the molecule is CC[C@H](Oc1cccc2ccccc12)C(=O)NCc1ccc(CN2CCOCC2)cc1. The van der Waals surface area contributed by atoms with Crippen LogP contribution in [0.4, 0.5) is 0 Å². The summed E-state index contributed by atoms with van der Waals surface area (Å²) in [5.74, 6) is 0.653. The standard InChI is InChI=1S/C26H30N2O3/c1-2-24(31-25-9-5-7-22-6-3-4-8-23(22)25)26(29)27-18-20-10-12-21(13-11-20)19-28-14-16-30-17-15-28/h3-13,24H,2,14-19H2,1H3,(H,27,29)/t24-/m0/s1. The minimum atomic E-state index is -0.522. The topological polar surface area (TPSA) is 50.8 Å². The molecule has 4 rings (SSSR count). The van der Waals surface area contributed by atoms with E-state index in [4.69, 9.17) is 9.47 Å². The first-order chi connectivity index (χ1) is 15.2. The number of hydrogen-bond donors (Lipinski definition) is 1. The van der Waals surface area contributed by atoms with Crippen molar-refractivity contribution in [1.29, 1.82) is 0 Å². The molecule has 1 N–H and O–H groups in total. The number of ether oxygens (including phenoxy) is 2. The summed E-state index contributed by atoms with van der Waals surface area (Å²) in [6.45, 7) is 6.97. The fourth-order valence-electron chi connectivity index (χ4n) is 3.86. The van der Waals surface area contributed by atoms with Gasteiger partial charge in [0.2, 0.25) is 0 Å². The van der Waals surface area contributed by atoms with Gasteiger partial charge < -0.3 is 14.8 Å². The van der Waals surface area contributed by atoms with Crippen molar-refractivity contribution in [2.45, 2.75) is 32.5 Å². The van der Waals surface area contributed by atoms with Crippen molar-refractivity contribution in [3.63, 3.8) is 0 Å². The first-order valence-corrected chi connectivity index (χ1v) is 11.0. The molecule has 1 fully saturated rings. The molecule has 3 aromatic rings. The van der Waals surface area contributed by atoms with E-state index in [2.05, 4.69) is 34.5 Å². The minimum Gasteiger partial charge on any atom is -0.480 e. The Morgan fingerprint density at radius 3 is 2.48 bits per heavy atom. The van der Waals surface area contributed by atoms with Crippen molar-refractivity contribution >= 4 is 16.7 Å². The van der Waals surface area contributed by atoms with Crippen LogP contribution < -0.4 is 10.1 Å². The van der Waals surface area contributed by atoms with Gasteiger partial charge in [0.1, 0.15) is 5.75 Å². The van der Waals surface area contributed by atoms with Gasteiger partial charge in [0.15, 0.2) is 6.10 Å². The molecule has 3 aromatic carbocycles. The van der Waals surface area contributed by atoms with E-state index in [9.17, 15) is 4.79 Å². The van der Waals surface area contributed by atoms with Crippen molar-refractivity contribution in [2.24, 2.45) is 0 Å². The molecule has 0 spiro atoms. The van der Waals surface area contributed by atoms with Gasteiger partial charge in [0.25, 0.3) is 5.91 Å². The zero-order valence-electron chi connectivity index (χ0n) is 18.0. The summed E-state index contributed by atoms with van der Waals surface area (Å²) in [6.07, 6.45) is 0.0829. The second-order valence-electron chi connectivity index (χ2n) is 7.91. The molecule has 1 aliphatic heterocycles. The Labute approximate surface area is 184 Å². The van der Waals surface area contributed by atoms with Crippen LogP contribution in [-0.4, -0.2) is 43.2 Å². The van der Waals surface area contributed by atoms with Crippen LogP contribution in [0, 0.1) is 0 Å². The van der Waals surface area contributed by atoms with Crippen LogP contribution in [0.5, 0.6) is 5.75 Å². The summed E-state index contributed by atoms with van der Waals surface area (Å²) < 4.78 is 11.5. The van der Waals surface area contributed by atoms with E-state index >= 15 is 0 Å². The molecule has 1 aliphatic rings. The highest BCUT2D eigenvalue weighted by molar-refractivity contribution is 5.89. The Kier molecular flexibility index (Phi) is 7.18. The normalized spacial score (nSPS) is 15.5. The zero-order valence-corrected chi connectivity index (χ0v) is 18.0. The van der Waals surface area contributed by atoms with Crippen LogP contribution in [-0.2, 0) is 22.6 Å². The predicted octanol–water partition coefficient (Wildman–Crippen LogP) is 4.15. The van der Waals surface area contributed by atoms with Gasteiger partial charge in [-0.05, 0) is 29.0 Å². The van der Waals surface area contributed by atoms with Crippen LogP contribution in [0.3, 0.4) is 0 Å². The van der Waals surface area contributed by atoms with Crippen LogP contribution >= 0.6 is 0 Å². The molecule has 5 nitrogen and oxygen atoms in total. The van der Waals surface area contributed by atoms with Crippen LogP contribution in [0.15, 0.2) is 66.7 Å². The minimum absolute atomic E-state index is 0.0900. The van der Waals surface area contributed by atoms with Crippen molar-refractivity contribution in [1.82, 2.24) is 10.2 Å². The van der Waals surface area contributed by atoms with E-state index < -0.39 is 6.10 Å². The molecule has 0 unspecified atom stereocenters. The van der Waals surface area contributed by atoms with E-state index in [0.29, 0.717) is 13.0 Å². The number of fused-ring (bicyclic) bond motifs is 1. The molecule has 1 saturated heterocycles. The number of benzene rings is 3. The molecule has 31 heavy (non-hydrogen) atoms. The largest absolute Gasteiger partial charge is 0.480 e. The van der Waals surface area contributed by atoms with Crippen LogP contribution in [0.2, 0.25) is 0 Å². The molecule has 5 heteroatoms. The van der Waals surface area contributed by atoms with Gasteiger partial charge in [-0.25, -0.2) is 0 Å². The highest BCUT2D eigenvalue weighted by atomic mass is 16.5. The van der Waals surface area contributed by atoms with Crippen molar-refractivity contribution < 1.29 is 14.3 Å². The van der Waals surface area contributed by atoms with Gasteiger partial charge in [-0.2, -0.15) is 0 Å². The lowest BCUT2D eigenvalue weighted by Crippen LogP contribution is -2.37. The van der Waals surface area contributed by atoms with Gasteiger partial charge >= 0.3 is 0 Å². The number of carbonyl (C=O) groups is 1. The summed E-state index contributed by atoms with van der Waals surface area (Å²) in [4.78, 5) is 15.2. The van der Waals surface area contributed by atoms with Gasteiger partial charge in [-0.3, -0.25) is 9.69 Å². The smallest absolute Gasteiger partial charge is 0.261 e. The first-order valence-electron chi connectivity index (χ1n) is 11.0. The highest BCUT2D eigenvalue weighted by Crippen LogP contribution is 2.26. The lowest BCUT2D eigenvalue weighted by molar-refractivity contribution is -0.128. The Morgan fingerprint density at radius 2 is 1.71 bits per heavy atom. The Balaban J connectivity index is 1.32. The maximum atomic E-state index is 12.8. The number of rotatable bonds is 8.